The Kier molecular flexibility index (Phi) is 4.86. The Hall–Kier alpha value is -2.29. The van der Waals surface area contributed by atoms with E-state index >= 15 is 0 Å². The van der Waals surface area contributed by atoms with Crippen LogP contribution in [-0.4, -0.2) is 10.5 Å². The van der Waals surface area contributed by atoms with Gasteiger partial charge in [-0.1, -0.05) is 49.2 Å². The van der Waals surface area contributed by atoms with E-state index in [1.165, 1.54) is 5.56 Å². The first-order valence-corrected chi connectivity index (χ1v) is 7.70. The van der Waals surface area contributed by atoms with Crippen LogP contribution in [0.1, 0.15) is 40.7 Å². The predicted molar refractivity (Wildman–Crippen MR) is 92.1 cm³/mol. The van der Waals surface area contributed by atoms with Crippen LogP contribution in [0.4, 0.5) is 0 Å². The number of hydrogen-bond acceptors (Lipinski definition) is 1. The van der Waals surface area contributed by atoms with Crippen molar-refractivity contribution in [3.8, 4) is 11.1 Å². The van der Waals surface area contributed by atoms with E-state index in [1.807, 2.05) is 13.0 Å². The first-order chi connectivity index (χ1) is 10.5. The average molecular weight is 296 g/mol. The molecule has 0 atom stereocenters. The molecule has 3 heteroatoms. The predicted octanol–water partition coefficient (Wildman–Crippen LogP) is 4.01. The number of rotatable bonds is 6. The van der Waals surface area contributed by atoms with Crippen LogP contribution in [0.15, 0.2) is 36.9 Å². The molecule has 1 aromatic carbocycles. The molecule has 0 unspecified atom stereocenters. The van der Waals surface area contributed by atoms with Crippen LogP contribution in [0.3, 0.4) is 0 Å². The van der Waals surface area contributed by atoms with E-state index in [0.717, 1.165) is 35.4 Å². The summed E-state index contributed by atoms with van der Waals surface area (Å²) in [4.78, 5) is 12.0. The van der Waals surface area contributed by atoms with Crippen molar-refractivity contribution in [1.29, 1.82) is 0 Å². The molecule has 116 valence electrons. The molecule has 0 saturated carbocycles. The van der Waals surface area contributed by atoms with Crippen molar-refractivity contribution >= 4 is 5.91 Å². The standard InChI is InChI=1S/C19H24N2O/c1-5-7-16-18(15-10-8-13(3)9-11-15)17(19(20)22)14(4)21(16)12-6-2/h6,8-11H,2,5,7,12H2,1,3-4H3,(H2,20,22). The number of allylic oxidation sites excluding steroid dienone is 1. The van der Waals surface area contributed by atoms with Crippen molar-refractivity contribution < 1.29 is 4.79 Å². The van der Waals surface area contributed by atoms with Gasteiger partial charge in [-0.25, -0.2) is 0 Å². The Bertz CT molecular complexity index is 693. The van der Waals surface area contributed by atoms with E-state index in [1.54, 1.807) is 0 Å². The summed E-state index contributed by atoms with van der Waals surface area (Å²) in [7, 11) is 0. The Morgan fingerprint density at radius 2 is 1.91 bits per heavy atom. The Morgan fingerprint density at radius 1 is 1.27 bits per heavy atom. The van der Waals surface area contributed by atoms with Crippen molar-refractivity contribution in [3.05, 3.63) is 59.4 Å². The molecule has 0 saturated heterocycles. The maximum absolute atomic E-state index is 12.0. The van der Waals surface area contributed by atoms with Crippen LogP contribution in [0.5, 0.6) is 0 Å². The van der Waals surface area contributed by atoms with Gasteiger partial charge in [0.15, 0.2) is 0 Å². The molecule has 2 N–H and O–H groups in total. The fourth-order valence-corrected chi connectivity index (χ4v) is 3.00. The Labute approximate surface area is 132 Å². The van der Waals surface area contributed by atoms with E-state index in [4.69, 9.17) is 5.73 Å². The van der Waals surface area contributed by atoms with Crippen LogP contribution in [0, 0.1) is 13.8 Å². The number of nitrogens with zero attached hydrogens (tertiary/aromatic N) is 1. The zero-order valence-corrected chi connectivity index (χ0v) is 13.6. The van der Waals surface area contributed by atoms with Crippen LogP contribution in [0.2, 0.25) is 0 Å². The van der Waals surface area contributed by atoms with E-state index in [9.17, 15) is 4.79 Å². The third-order valence-corrected chi connectivity index (χ3v) is 4.02. The van der Waals surface area contributed by atoms with E-state index in [2.05, 4.69) is 49.3 Å². The minimum Gasteiger partial charge on any atom is -0.366 e. The summed E-state index contributed by atoms with van der Waals surface area (Å²) >= 11 is 0. The van der Waals surface area contributed by atoms with E-state index < -0.39 is 0 Å². The molecule has 0 fully saturated rings. The number of primary amides is 1. The number of hydrogen-bond donors (Lipinski definition) is 1. The lowest BCUT2D eigenvalue weighted by Gasteiger charge is -2.10. The zero-order valence-electron chi connectivity index (χ0n) is 13.6. The minimum atomic E-state index is -0.367. The molecule has 0 bridgehead atoms. The fourth-order valence-electron chi connectivity index (χ4n) is 3.00. The van der Waals surface area contributed by atoms with Crippen molar-refractivity contribution in [3.63, 3.8) is 0 Å². The third kappa shape index (κ3) is 2.84. The molecular weight excluding hydrogens is 272 g/mol. The van der Waals surface area contributed by atoms with Gasteiger partial charge in [-0.05, 0) is 25.8 Å². The summed E-state index contributed by atoms with van der Waals surface area (Å²) in [6.07, 6.45) is 3.78. The number of carbonyl (C=O) groups is 1. The second-order valence-corrected chi connectivity index (χ2v) is 5.66. The molecule has 0 spiro atoms. The molecule has 0 aliphatic heterocycles. The molecule has 22 heavy (non-hydrogen) atoms. The molecule has 1 aromatic heterocycles. The fraction of sp³-hybridized carbons (Fsp3) is 0.316. The van der Waals surface area contributed by atoms with Gasteiger partial charge in [-0.3, -0.25) is 4.79 Å². The van der Waals surface area contributed by atoms with Crippen LogP contribution in [-0.2, 0) is 13.0 Å². The summed E-state index contributed by atoms with van der Waals surface area (Å²) in [5, 5.41) is 0. The highest BCUT2D eigenvalue weighted by atomic mass is 16.1. The van der Waals surface area contributed by atoms with Crippen molar-refractivity contribution in [2.24, 2.45) is 5.73 Å². The number of aryl methyl sites for hydroxylation is 1. The lowest BCUT2D eigenvalue weighted by molar-refractivity contribution is 0.1000. The molecule has 2 aromatic rings. The number of aromatic nitrogens is 1. The first-order valence-electron chi connectivity index (χ1n) is 7.70. The average Bonchev–Trinajstić information content (AvgIpc) is 2.74. The van der Waals surface area contributed by atoms with Gasteiger partial charge in [0.25, 0.3) is 5.91 Å². The maximum Gasteiger partial charge on any atom is 0.251 e. The van der Waals surface area contributed by atoms with Gasteiger partial charge in [0.2, 0.25) is 0 Å². The molecular formula is C19H24N2O. The van der Waals surface area contributed by atoms with Gasteiger partial charge in [0.05, 0.1) is 5.56 Å². The van der Waals surface area contributed by atoms with Gasteiger partial charge < -0.3 is 10.3 Å². The van der Waals surface area contributed by atoms with E-state index in [0.29, 0.717) is 12.1 Å². The first kappa shape index (κ1) is 16.1. The van der Waals surface area contributed by atoms with Crippen molar-refractivity contribution in [2.45, 2.75) is 40.2 Å². The normalized spacial score (nSPS) is 10.7. The number of benzene rings is 1. The van der Waals surface area contributed by atoms with E-state index in [-0.39, 0.29) is 5.91 Å². The lowest BCUT2D eigenvalue weighted by Crippen LogP contribution is -2.13. The molecule has 1 heterocycles. The second-order valence-electron chi connectivity index (χ2n) is 5.66. The highest BCUT2D eigenvalue weighted by Crippen LogP contribution is 2.33. The molecule has 0 aliphatic rings. The summed E-state index contributed by atoms with van der Waals surface area (Å²) < 4.78 is 2.16. The molecule has 3 nitrogen and oxygen atoms in total. The lowest BCUT2D eigenvalue weighted by atomic mass is 9.97. The van der Waals surface area contributed by atoms with Crippen molar-refractivity contribution in [2.75, 3.05) is 0 Å². The number of nitrogens with two attached hydrogens (primary N) is 1. The largest absolute Gasteiger partial charge is 0.366 e. The van der Waals surface area contributed by atoms with Gasteiger partial charge >= 0.3 is 0 Å². The van der Waals surface area contributed by atoms with Gasteiger partial charge in [0, 0.05) is 23.5 Å². The Balaban J connectivity index is 2.77. The van der Waals surface area contributed by atoms with Crippen LogP contribution < -0.4 is 5.73 Å². The highest BCUT2D eigenvalue weighted by molar-refractivity contribution is 6.02. The quantitative estimate of drug-likeness (QED) is 0.804. The summed E-state index contributed by atoms with van der Waals surface area (Å²) in [6, 6.07) is 8.26. The second kappa shape index (κ2) is 6.65. The Morgan fingerprint density at radius 3 is 2.41 bits per heavy atom. The van der Waals surface area contributed by atoms with Gasteiger partial charge in [0.1, 0.15) is 0 Å². The zero-order chi connectivity index (χ0) is 16.3. The summed E-state index contributed by atoms with van der Waals surface area (Å²) in [5.74, 6) is -0.367. The SMILES string of the molecule is C=CCn1c(C)c(C(N)=O)c(-c2ccc(C)cc2)c1CCC. The number of carbonyl (C=O) groups excluding carboxylic acids is 1. The molecule has 0 aliphatic carbocycles. The minimum absolute atomic E-state index is 0.367. The van der Waals surface area contributed by atoms with Gasteiger partial charge in [-0.15, -0.1) is 6.58 Å². The maximum atomic E-state index is 12.0. The monoisotopic (exact) mass is 296 g/mol. The summed E-state index contributed by atoms with van der Waals surface area (Å²) in [5.41, 5.74) is 11.6. The molecule has 1 amide bonds. The highest BCUT2D eigenvalue weighted by Gasteiger charge is 2.23. The smallest absolute Gasteiger partial charge is 0.251 e. The van der Waals surface area contributed by atoms with Gasteiger partial charge in [-0.2, -0.15) is 0 Å². The molecule has 2 rings (SSSR count). The topological polar surface area (TPSA) is 48.0 Å². The van der Waals surface area contributed by atoms with Crippen LogP contribution in [0.25, 0.3) is 11.1 Å². The molecule has 0 radical (unpaired) electrons. The summed E-state index contributed by atoms with van der Waals surface area (Å²) in [6.45, 7) is 10.7. The number of amides is 1. The van der Waals surface area contributed by atoms with Crippen LogP contribution >= 0.6 is 0 Å². The third-order valence-electron chi connectivity index (χ3n) is 4.02. The van der Waals surface area contributed by atoms with Crippen molar-refractivity contribution in [1.82, 2.24) is 4.57 Å².